The lowest BCUT2D eigenvalue weighted by Crippen LogP contribution is -1.88. The van der Waals surface area contributed by atoms with Gasteiger partial charge in [-0.05, 0) is 0 Å². The van der Waals surface area contributed by atoms with Crippen LogP contribution in [0.15, 0.2) is 12.4 Å². The van der Waals surface area contributed by atoms with Crippen LogP contribution >= 0.6 is 0 Å². The maximum atomic E-state index is 10.1. The summed E-state index contributed by atoms with van der Waals surface area (Å²) in [6.45, 7) is 0. The van der Waals surface area contributed by atoms with E-state index in [0.717, 1.165) is 0 Å². The predicted molar refractivity (Wildman–Crippen MR) is 34.0 cm³/mol. The first-order valence-electron chi connectivity index (χ1n) is 2.61. The number of hydrogen-bond donors (Lipinski definition) is 1. The molecule has 1 N–H and O–H groups in total. The Bertz CT molecular complexity index is 243. The minimum Gasteiger partial charge on any atom is -0.489 e. The van der Waals surface area contributed by atoms with Crippen LogP contribution in [0.1, 0.15) is 0 Å². The fourth-order valence-corrected chi connectivity index (χ4v) is 0.648. The average Bonchev–Trinajstić information content (AvgIpc) is 2.33. The highest BCUT2D eigenvalue weighted by Gasteiger charge is 2.13. The van der Waals surface area contributed by atoms with Gasteiger partial charge in [0.15, 0.2) is 0 Å². The first-order valence-corrected chi connectivity index (χ1v) is 2.61. The first-order chi connectivity index (χ1) is 4.75. The van der Waals surface area contributed by atoms with Gasteiger partial charge < -0.3 is 9.72 Å². The predicted octanol–water partition coefficient (Wildman–Crippen LogP) is 0.931. The van der Waals surface area contributed by atoms with Crippen molar-refractivity contribution in [1.82, 2.24) is 4.98 Å². The fourth-order valence-electron chi connectivity index (χ4n) is 0.648. The van der Waals surface area contributed by atoms with Gasteiger partial charge in [-0.2, -0.15) is 0 Å². The molecule has 0 amide bonds. The summed E-state index contributed by atoms with van der Waals surface area (Å²) in [6.07, 6.45) is 2.71. The molecule has 0 atom stereocenters. The van der Waals surface area contributed by atoms with Crippen molar-refractivity contribution in [2.24, 2.45) is 0 Å². The molecule has 0 aromatic carbocycles. The molecular formula is C5H6N2O3. The number of nitrogens with zero attached hydrogens (tertiary/aromatic N) is 1. The zero-order valence-electron chi connectivity index (χ0n) is 5.33. The summed E-state index contributed by atoms with van der Waals surface area (Å²) in [4.78, 5) is 12.2. The first kappa shape index (κ1) is 6.60. The number of aromatic nitrogens is 1. The van der Waals surface area contributed by atoms with Crippen LogP contribution in [-0.4, -0.2) is 17.0 Å². The van der Waals surface area contributed by atoms with Crippen molar-refractivity contribution in [3.8, 4) is 5.75 Å². The van der Waals surface area contributed by atoms with Gasteiger partial charge in [0.1, 0.15) is 0 Å². The molecule has 0 aliphatic heterocycles. The molecule has 0 bridgehead atoms. The molecule has 0 unspecified atom stereocenters. The van der Waals surface area contributed by atoms with Crippen LogP contribution in [0.5, 0.6) is 5.75 Å². The molecule has 10 heavy (non-hydrogen) atoms. The summed E-state index contributed by atoms with van der Waals surface area (Å²) in [5.74, 6) is 0.255. The second-order valence-corrected chi connectivity index (χ2v) is 1.67. The Morgan fingerprint density at radius 2 is 2.40 bits per heavy atom. The van der Waals surface area contributed by atoms with E-state index in [1.165, 1.54) is 19.5 Å². The van der Waals surface area contributed by atoms with Crippen LogP contribution in [0.4, 0.5) is 5.69 Å². The summed E-state index contributed by atoms with van der Waals surface area (Å²) in [6, 6.07) is 0. The van der Waals surface area contributed by atoms with E-state index in [1.807, 2.05) is 0 Å². The Labute approximate surface area is 56.8 Å². The van der Waals surface area contributed by atoms with E-state index in [1.54, 1.807) is 0 Å². The van der Waals surface area contributed by atoms with Gasteiger partial charge >= 0.3 is 5.69 Å². The molecule has 0 radical (unpaired) electrons. The van der Waals surface area contributed by atoms with Crippen LogP contribution in [0.3, 0.4) is 0 Å². The molecule has 1 heterocycles. The van der Waals surface area contributed by atoms with E-state index in [-0.39, 0.29) is 11.4 Å². The maximum Gasteiger partial charge on any atom is 0.328 e. The van der Waals surface area contributed by atoms with Crippen LogP contribution in [0.25, 0.3) is 0 Å². The summed E-state index contributed by atoms with van der Waals surface area (Å²) in [7, 11) is 1.39. The number of nitro groups is 1. The molecule has 1 rings (SSSR count). The van der Waals surface area contributed by atoms with Crippen LogP contribution in [-0.2, 0) is 0 Å². The highest BCUT2D eigenvalue weighted by atomic mass is 16.6. The zero-order chi connectivity index (χ0) is 7.56. The molecule has 0 spiro atoms. The lowest BCUT2D eigenvalue weighted by molar-refractivity contribution is -0.385. The van der Waals surface area contributed by atoms with Crippen molar-refractivity contribution in [1.29, 1.82) is 0 Å². The van der Waals surface area contributed by atoms with Gasteiger partial charge in [0.2, 0.25) is 5.75 Å². The third kappa shape index (κ3) is 0.928. The summed E-state index contributed by atoms with van der Waals surface area (Å²) in [5, 5.41) is 10.1. The van der Waals surface area contributed by atoms with E-state index < -0.39 is 4.92 Å². The van der Waals surface area contributed by atoms with Crippen molar-refractivity contribution >= 4 is 5.69 Å². The lowest BCUT2D eigenvalue weighted by Gasteiger charge is -1.91. The zero-order valence-corrected chi connectivity index (χ0v) is 5.33. The SMILES string of the molecule is COc1c[nH]cc1[N+](=O)[O-]. The van der Waals surface area contributed by atoms with Gasteiger partial charge in [0, 0.05) is 0 Å². The van der Waals surface area contributed by atoms with Crippen molar-refractivity contribution in [2.45, 2.75) is 0 Å². The van der Waals surface area contributed by atoms with Crippen LogP contribution in [0.2, 0.25) is 0 Å². The molecule has 5 heteroatoms. The Morgan fingerprint density at radius 3 is 2.80 bits per heavy atom. The van der Waals surface area contributed by atoms with Crippen molar-refractivity contribution in [3.05, 3.63) is 22.5 Å². The number of nitrogens with one attached hydrogen (secondary N) is 1. The highest BCUT2D eigenvalue weighted by Crippen LogP contribution is 2.24. The largest absolute Gasteiger partial charge is 0.489 e. The Balaban J connectivity index is 3.01. The molecule has 1 aromatic heterocycles. The molecule has 5 nitrogen and oxygen atoms in total. The summed E-state index contributed by atoms with van der Waals surface area (Å²) in [5.41, 5.74) is -0.0394. The number of aromatic amines is 1. The van der Waals surface area contributed by atoms with Gasteiger partial charge in [0.25, 0.3) is 0 Å². The second-order valence-electron chi connectivity index (χ2n) is 1.67. The van der Waals surface area contributed by atoms with E-state index in [4.69, 9.17) is 0 Å². The van der Waals surface area contributed by atoms with Crippen molar-refractivity contribution in [3.63, 3.8) is 0 Å². The molecule has 0 fully saturated rings. The number of H-pyrrole nitrogens is 1. The number of rotatable bonds is 2. The molecule has 0 saturated carbocycles. The topological polar surface area (TPSA) is 68.2 Å². The van der Waals surface area contributed by atoms with E-state index >= 15 is 0 Å². The van der Waals surface area contributed by atoms with Crippen LogP contribution in [0, 0.1) is 10.1 Å². The molecular weight excluding hydrogens is 136 g/mol. The van der Waals surface area contributed by atoms with Crippen molar-refractivity contribution in [2.75, 3.05) is 7.11 Å². The maximum absolute atomic E-state index is 10.1. The molecule has 1 aromatic rings. The number of methoxy groups -OCH3 is 1. The van der Waals surface area contributed by atoms with Gasteiger partial charge in [-0.25, -0.2) is 0 Å². The molecule has 0 aliphatic rings. The van der Waals surface area contributed by atoms with E-state index in [9.17, 15) is 10.1 Å². The Hall–Kier alpha value is -1.52. The Kier molecular flexibility index (Phi) is 1.57. The number of ether oxygens (including phenoxy) is 1. The molecule has 0 saturated heterocycles. The van der Waals surface area contributed by atoms with Gasteiger partial charge in [0.05, 0.1) is 24.4 Å². The summed E-state index contributed by atoms with van der Waals surface area (Å²) < 4.78 is 4.67. The Morgan fingerprint density at radius 1 is 1.70 bits per heavy atom. The van der Waals surface area contributed by atoms with E-state index in [2.05, 4.69) is 9.72 Å². The van der Waals surface area contributed by atoms with Gasteiger partial charge in [-0.3, -0.25) is 10.1 Å². The molecule has 0 aliphatic carbocycles. The number of hydrogen-bond acceptors (Lipinski definition) is 3. The third-order valence-corrected chi connectivity index (χ3v) is 1.10. The third-order valence-electron chi connectivity index (χ3n) is 1.10. The minimum atomic E-state index is -0.505. The van der Waals surface area contributed by atoms with E-state index in [0.29, 0.717) is 0 Å². The van der Waals surface area contributed by atoms with Gasteiger partial charge in [-0.1, -0.05) is 0 Å². The standard InChI is InChI=1S/C5H6N2O3/c1-10-5-3-6-2-4(5)7(8)9/h2-3,6H,1H3. The average molecular weight is 142 g/mol. The van der Waals surface area contributed by atoms with Crippen LogP contribution < -0.4 is 4.74 Å². The monoisotopic (exact) mass is 142 g/mol. The highest BCUT2D eigenvalue weighted by molar-refractivity contribution is 5.43. The fraction of sp³-hybridized carbons (Fsp3) is 0.200. The van der Waals surface area contributed by atoms with Crippen molar-refractivity contribution < 1.29 is 9.66 Å². The summed E-state index contributed by atoms with van der Waals surface area (Å²) >= 11 is 0. The smallest absolute Gasteiger partial charge is 0.328 e. The van der Waals surface area contributed by atoms with Gasteiger partial charge in [-0.15, -0.1) is 0 Å². The molecule has 54 valence electrons. The quantitative estimate of drug-likeness (QED) is 0.493. The minimum absolute atomic E-state index is 0.0394. The second kappa shape index (κ2) is 2.38. The normalized spacial score (nSPS) is 9.30. The lowest BCUT2D eigenvalue weighted by atomic mass is 10.5.